The van der Waals surface area contributed by atoms with Crippen LogP contribution in [0.4, 0.5) is 0 Å². The number of ether oxygens (including phenoxy) is 2. The molecule has 0 N–H and O–H groups in total. The number of carbonyl (C=O) groups excluding carboxylic acids is 2. The quantitative estimate of drug-likeness (QED) is 0.108. The maximum atomic E-state index is 13.4. The Kier molecular flexibility index (Phi) is 9.44. The van der Waals surface area contributed by atoms with Gasteiger partial charge in [0.15, 0.2) is 0 Å². The summed E-state index contributed by atoms with van der Waals surface area (Å²) in [5.74, 6) is -0.744. The number of benzene rings is 4. The smallest absolute Gasteiger partial charge is 0.338 e. The number of hydrogen-bond donors (Lipinski definition) is 0. The number of carbonyl (C=O) groups is 2. The summed E-state index contributed by atoms with van der Waals surface area (Å²) in [7, 11) is 0. The van der Waals surface area contributed by atoms with Crippen molar-refractivity contribution in [2.75, 3.05) is 13.2 Å². The number of fused-ring (bicyclic) bond motifs is 2. The molecule has 0 bridgehead atoms. The van der Waals surface area contributed by atoms with Crippen LogP contribution in [-0.2, 0) is 9.47 Å². The first-order valence-corrected chi connectivity index (χ1v) is 15.9. The van der Waals surface area contributed by atoms with Gasteiger partial charge >= 0.3 is 11.9 Å². The molecular formula is C40H36N2O4. The minimum absolute atomic E-state index is 0.360. The van der Waals surface area contributed by atoms with Crippen molar-refractivity contribution < 1.29 is 19.1 Å². The van der Waals surface area contributed by atoms with E-state index in [1.165, 1.54) is 0 Å². The summed E-state index contributed by atoms with van der Waals surface area (Å²) in [6.45, 7) is 4.85. The zero-order valence-electron chi connectivity index (χ0n) is 26.2. The predicted molar refractivity (Wildman–Crippen MR) is 184 cm³/mol. The van der Waals surface area contributed by atoms with Crippen LogP contribution in [0.3, 0.4) is 0 Å². The van der Waals surface area contributed by atoms with Gasteiger partial charge < -0.3 is 9.47 Å². The normalized spacial score (nSPS) is 11.1. The number of pyridine rings is 2. The van der Waals surface area contributed by atoms with Gasteiger partial charge in [0.25, 0.3) is 0 Å². The van der Waals surface area contributed by atoms with E-state index in [-0.39, 0.29) is 11.9 Å². The summed E-state index contributed by atoms with van der Waals surface area (Å²) in [5.41, 5.74) is 7.35. The first-order chi connectivity index (χ1) is 22.6. The van der Waals surface area contributed by atoms with Crippen LogP contribution in [0.5, 0.6) is 0 Å². The highest BCUT2D eigenvalue weighted by atomic mass is 16.5. The van der Waals surface area contributed by atoms with Gasteiger partial charge in [-0.05, 0) is 60.4 Å². The van der Waals surface area contributed by atoms with E-state index < -0.39 is 0 Å². The molecule has 6 aromatic rings. The Balaban J connectivity index is 1.46. The summed E-state index contributed by atoms with van der Waals surface area (Å²) in [5, 5.41) is 1.41. The zero-order chi connectivity index (χ0) is 31.9. The standard InChI is InChI=1S/C40H36N2O4/c1-3-5-21-45-39(43)33-25-37(27-13-9-7-10-14-27)41-35-19-17-29(23-31(33)35)30-18-20-36-32(24-30)34(40(44)46-22-6-4-2)26-38(42-36)28-15-11-8-12-16-28/h7-20,23-26H,3-6,21-22H2,1-2H3. The largest absolute Gasteiger partial charge is 0.462 e. The fourth-order valence-electron chi connectivity index (χ4n) is 5.44. The van der Waals surface area contributed by atoms with E-state index in [1.807, 2.05) is 109 Å². The molecule has 2 heterocycles. The highest BCUT2D eigenvalue weighted by Crippen LogP contribution is 2.33. The molecule has 0 radical (unpaired) electrons. The van der Waals surface area contributed by atoms with Crippen LogP contribution in [0.2, 0.25) is 0 Å². The molecule has 6 rings (SSSR count). The summed E-state index contributed by atoms with van der Waals surface area (Å²) >= 11 is 0. The maximum absolute atomic E-state index is 13.4. The molecule has 230 valence electrons. The van der Waals surface area contributed by atoms with Crippen molar-refractivity contribution in [3.63, 3.8) is 0 Å². The molecule has 46 heavy (non-hydrogen) atoms. The Morgan fingerprint density at radius 3 is 1.33 bits per heavy atom. The lowest BCUT2D eigenvalue weighted by Gasteiger charge is -2.13. The molecule has 0 saturated heterocycles. The lowest BCUT2D eigenvalue weighted by molar-refractivity contribution is 0.0492. The van der Waals surface area contributed by atoms with Gasteiger partial charge in [-0.1, -0.05) is 99.5 Å². The Bertz CT molecular complexity index is 1860. The first-order valence-electron chi connectivity index (χ1n) is 15.9. The summed E-state index contributed by atoms with van der Waals surface area (Å²) in [4.78, 5) is 36.6. The van der Waals surface area contributed by atoms with Gasteiger partial charge in [-0.3, -0.25) is 0 Å². The number of hydrogen-bond acceptors (Lipinski definition) is 6. The van der Waals surface area contributed by atoms with Crippen molar-refractivity contribution >= 4 is 33.7 Å². The second-order valence-electron chi connectivity index (χ2n) is 11.3. The lowest BCUT2D eigenvalue weighted by atomic mass is 9.96. The Labute approximate surface area is 269 Å². The molecule has 0 aliphatic heterocycles. The Morgan fingerprint density at radius 2 is 0.935 bits per heavy atom. The van der Waals surface area contributed by atoms with Gasteiger partial charge in [0, 0.05) is 21.9 Å². The van der Waals surface area contributed by atoms with Crippen LogP contribution in [0, 0.1) is 0 Å². The lowest BCUT2D eigenvalue weighted by Crippen LogP contribution is -2.08. The van der Waals surface area contributed by atoms with Gasteiger partial charge in [0.05, 0.1) is 46.8 Å². The summed E-state index contributed by atoms with van der Waals surface area (Å²) < 4.78 is 11.3. The van der Waals surface area contributed by atoms with E-state index in [4.69, 9.17) is 19.4 Å². The number of unbranched alkanes of at least 4 members (excludes halogenated alkanes) is 2. The molecule has 0 amide bonds. The highest BCUT2D eigenvalue weighted by molar-refractivity contribution is 6.07. The number of aromatic nitrogens is 2. The van der Waals surface area contributed by atoms with Crippen LogP contribution < -0.4 is 0 Å². The van der Waals surface area contributed by atoms with Gasteiger partial charge in [-0.25, -0.2) is 19.6 Å². The van der Waals surface area contributed by atoms with Crippen LogP contribution in [0.25, 0.3) is 55.4 Å². The van der Waals surface area contributed by atoms with Crippen LogP contribution in [0.1, 0.15) is 60.2 Å². The zero-order valence-corrected chi connectivity index (χ0v) is 26.2. The minimum Gasteiger partial charge on any atom is -0.462 e. The topological polar surface area (TPSA) is 78.4 Å². The summed E-state index contributed by atoms with van der Waals surface area (Å²) in [6, 6.07) is 35.0. The molecular weight excluding hydrogens is 572 g/mol. The van der Waals surface area contributed by atoms with Gasteiger partial charge in [0.2, 0.25) is 0 Å². The van der Waals surface area contributed by atoms with E-state index in [0.29, 0.717) is 57.5 Å². The monoisotopic (exact) mass is 608 g/mol. The van der Waals surface area contributed by atoms with E-state index in [0.717, 1.165) is 47.9 Å². The molecule has 0 fully saturated rings. The molecule has 0 unspecified atom stereocenters. The van der Waals surface area contributed by atoms with Gasteiger partial charge in [0.1, 0.15) is 0 Å². The summed E-state index contributed by atoms with van der Waals surface area (Å²) in [6.07, 6.45) is 3.46. The van der Waals surface area contributed by atoms with Crippen LogP contribution in [-0.4, -0.2) is 35.1 Å². The molecule has 6 heteroatoms. The molecule has 0 saturated carbocycles. The fourth-order valence-corrected chi connectivity index (χ4v) is 5.44. The third kappa shape index (κ3) is 6.66. The number of rotatable bonds is 11. The third-order valence-corrected chi connectivity index (χ3v) is 7.99. The second kappa shape index (κ2) is 14.2. The van der Waals surface area contributed by atoms with E-state index in [2.05, 4.69) is 13.8 Å². The molecule has 0 spiro atoms. The third-order valence-electron chi connectivity index (χ3n) is 7.99. The average molecular weight is 609 g/mol. The average Bonchev–Trinajstić information content (AvgIpc) is 3.11. The second-order valence-corrected chi connectivity index (χ2v) is 11.3. The maximum Gasteiger partial charge on any atom is 0.338 e. The Morgan fingerprint density at radius 1 is 0.522 bits per heavy atom. The fraction of sp³-hybridized carbons (Fsp3) is 0.200. The highest BCUT2D eigenvalue weighted by Gasteiger charge is 2.19. The SMILES string of the molecule is CCCCOC(=O)c1cc(-c2ccccc2)nc2ccc(-c3ccc4nc(-c5ccccc5)cc(C(=O)OCCCC)c4c3)cc12. The van der Waals surface area contributed by atoms with Crippen molar-refractivity contribution in [1.29, 1.82) is 0 Å². The Hall–Kier alpha value is -5.36. The van der Waals surface area contributed by atoms with Crippen molar-refractivity contribution in [2.45, 2.75) is 39.5 Å². The molecule has 6 nitrogen and oxygen atoms in total. The van der Waals surface area contributed by atoms with Crippen molar-refractivity contribution in [2.24, 2.45) is 0 Å². The number of nitrogens with zero attached hydrogens (tertiary/aromatic N) is 2. The molecule has 0 aliphatic carbocycles. The van der Waals surface area contributed by atoms with E-state index in [9.17, 15) is 9.59 Å². The van der Waals surface area contributed by atoms with Crippen LogP contribution >= 0.6 is 0 Å². The predicted octanol–water partition coefficient (Wildman–Crippen LogP) is 9.70. The van der Waals surface area contributed by atoms with E-state index in [1.54, 1.807) is 0 Å². The first kappa shape index (κ1) is 30.7. The minimum atomic E-state index is -0.372. The molecule has 4 aromatic carbocycles. The van der Waals surface area contributed by atoms with Crippen molar-refractivity contribution in [3.8, 4) is 33.6 Å². The molecule has 2 aromatic heterocycles. The molecule has 0 atom stereocenters. The van der Waals surface area contributed by atoms with E-state index >= 15 is 0 Å². The van der Waals surface area contributed by atoms with Crippen LogP contribution in [0.15, 0.2) is 109 Å². The molecule has 0 aliphatic rings. The van der Waals surface area contributed by atoms with Crippen molar-refractivity contribution in [3.05, 3.63) is 120 Å². The van der Waals surface area contributed by atoms with Gasteiger partial charge in [-0.15, -0.1) is 0 Å². The van der Waals surface area contributed by atoms with Gasteiger partial charge in [-0.2, -0.15) is 0 Å². The number of esters is 2. The van der Waals surface area contributed by atoms with Crippen molar-refractivity contribution in [1.82, 2.24) is 9.97 Å².